The minimum Gasteiger partial charge on any atom is -0.352 e. The maximum absolute atomic E-state index is 10.6. The van der Waals surface area contributed by atoms with Crippen molar-refractivity contribution in [3.8, 4) is 11.1 Å². The Balaban J connectivity index is 1.91. The Kier molecular flexibility index (Phi) is 5.35. The zero-order chi connectivity index (χ0) is 15.1. The van der Waals surface area contributed by atoms with Crippen molar-refractivity contribution in [2.24, 2.45) is 5.73 Å². The molecule has 2 amide bonds. The minimum atomic E-state index is -0.489. The van der Waals surface area contributed by atoms with Crippen LogP contribution >= 0.6 is 0 Å². The molecule has 0 aliphatic carbocycles. The number of urea groups is 1. The molecule has 0 radical (unpaired) electrons. The van der Waals surface area contributed by atoms with Gasteiger partial charge in [-0.15, -0.1) is 0 Å². The number of nitrogens with two attached hydrogens (primary N) is 1. The van der Waals surface area contributed by atoms with Crippen LogP contribution in [-0.2, 0) is 0 Å². The second-order valence-corrected chi connectivity index (χ2v) is 4.95. The molecule has 1 unspecified atom stereocenters. The van der Waals surface area contributed by atoms with E-state index in [4.69, 9.17) is 5.73 Å². The zero-order valence-corrected chi connectivity index (χ0v) is 12.2. The lowest BCUT2D eigenvalue weighted by atomic mass is 10.0. The molecular weight excluding hydrogens is 262 g/mol. The Hall–Kier alpha value is -2.33. The molecule has 0 saturated heterocycles. The number of carbonyl (C=O) groups excluding carboxylic acids is 1. The van der Waals surface area contributed by atoms with Crippen LogP contribution in [0.25, 0.3) is 11.1 Å². The SMILES string of the molecule is CC(NCCNC(N)=O)c1ccc(-c2ccccc2)cc1. The average Bonchev–Trinajstić information content (AvgIpc) is 2.52. The highest BCUT2D eigenvalue weighted by molar-refractivity contribution is 5.71. The summed E-state index contributed by atoms with van der Waals surface area (Å²) in [7, 11) is 0. The van der Waals surface area contributed by atoms with Gasteiger partial charge in [0.1, 0.15) is 0 Å². The standard InChI is InChI=1S/C17H21N3O/c1-13(19-11-12-20-17(18)21)14-7-9-16(10-8-14)15-5-3-2-4-6-15/h2-10,13,19H,11-12H2,1H3,(H3,18,20,21). The fourth-order valence-corrected chi connectivity index (χ4v) is 2.19. The zero-order valence-electron chi connectivity index (χ0n) is 12.2. The van der Waals surface area contributed by atoms with Crippen molar-refractivity contribution in [2.75, 3.05) is 13.1 Å². The fraction of sp³-hybridized carbons (Fsp3) is 0.235. The van der Waals surface area contributed by atoms with E-state index in [2.05, 4.69) is 54.0 Å². The Morgan fingerprint density at radius 1 is 1.00 bits per heavy atom. The summed E-state index contributed by atoms with van der Waals surface area (Å²) in [6, 6.07) is 18.6. The van der Waals surface area contributed by atoms with Gasteiger partial charge in [-0.3, -0.25) is 0 Å². The van der Waals surface area contributed by atoms with Crippen molar-refractivity contribution in [3.63, 3.8) is 0 Å². The monoisotopic (exact) mass is 283 g/mol. The van der Waals surface area contributed by atoms with Crippen molar-refractivity contribution in [2.45, 2.75) is 13.0 Å². The van der Waals surface area contributed by atoms with E-state index in [-0.39, 0.29) is 6.04 Å². The minimum absolute atomic E-state index is 0.226. The van der Waals surface area contributed by atoms with Crippen LogP contribution in [0, 0.1) is 0 Å². The lowest BCUT2D eigenvalue weighted by Crippen LogP contribution is -2.35. The van der Waals surface area contributed by atoms with E-state index < -0.39 is 6.03 Å². The number of rotatable bonds is 6. The van der Waals surface area contributed by atoms with Gasteiger partial charge in [0.2, 0.25) is 0 Å². The van der Waals surface area contributed by atoms with E-state index in [0.29, 0.717) is 13.1 Å². The Morgan fingerprint density at radius 3 is 2.24 bits per heavy atom. The van der Waals surface area contributed by atoms with Crippen LogP contribution in [0.2, 0.25) is 0 Å². The normalized spacial score (nSPS) is 11.9. The van der Waals surface area contributed by atoms with E-state index >= 15 is 0 Å². The summed E-state index contributed by atoms with van der Waals surface area (Å²) in [5, 5.41) is 5.90. The van der Waals surface area contributed by atoms with E-state index in [1.807, 2.05) is 18.2 Å². The maximum Gasteiger partial charge on any atom is 0.312 e. The van der Waals surface area contributed by atoms with E-state index in [1.165, 1.54) is 16.7 Å². The summed E-state index contributed by atoms with van der Waals surface area (Å²) >= 11 is 0. The lowest BCUT2D eigenvalue weighted by Gasteiger charge is -2.15. The summed E-state index contributed by atoms with van der Waals surface area (Å²) in [6.07, 6.45) is 0. The first-order valence-corrected chi connectivity index (χ1v) is 7.09. The molecule has 0 fully saturated rings. The van der Waals surface area contributed by atoms with Crippen molar-refractivity contribution in [1.82, 2.24) is 10.6 Å². The molecule has 21 heavy (non-hydrogen) atoms. The number of carbonyl (C=O) groups is 1. The third kappa shape index (κ3) is 4.61. The molecule has 1 atom stereocenters. The molecule has 0 aliphatic rings. The molecule has 0 aliphatic heterocycles. The fourth-order valence-electron chi connectivity index (χ4n) is 2.19. The summed E-state index contributed by atoms with van der Waals surface area (Å²) < 4.78 is 0. The van der Waals surface area contributed by atoms with Gasteiger partial charge in [-0.25, -0.2) is 4.79 Å². The highest BCUT2D eigenvalue weighted by atomic mass is 16.2. The molecule has 0 saturated carbocycles. The highest BCUT2D eigenvalue weighted by Gasteiger charge is 2.05. The molecule has 4 nitrogen and oxygen atoms in total. The van der Waals surface area contributed by atoms with Crippen molar-refractivity contribution >= 4 is 6.03 Å². The van der Waals surface area contributed by atoms with Crippen molar-refractivity contribution < 1.29 is 4.79 Å². The molecule has 110 valence electrons. The van der Waals surface area contributed by atoms with Gasteiger partial charge in [0, 0.05) is 19.1 Å². The molecule has 0 bridgehead atoms. The largest absolute Gasteiger partial charge is 0.352 e. The van der Waals surface area contributed by atoms with Gasteiger partial charge in [0.15, 0.2) is 0 Å². The molecular formula is C17H21N3O. The third-order valence-corrected chi connectivity index (χ3v) is 3.39. The molecule has 4 N–H and O–H groups in total. The van der Waals surface area contributed by atoms with E-state index in [1.54, 1.807) is 0 Å². The van der Waals surface area contributed by atoms with Gasteiger partial charge in [0.25, 0.3) is 0 Å². The number of amides is 2. The molecule has 2 rings (SSSR count). The van der Waals surface area contributed by atoms with Crippen LogP contribution < -0.4 is 16.4 Å². The average molecular weight is 283 g/mol. The van der Waals surface area contributed by atoms with Gasteiger partial charge in [-0.1, -0.05) is 54.6 Å². The van der Waals surface area contributed by atoms with Crippen molar-refractivity contribution in [1.29, 1.82) is 0 Å². The Labute approximate surface area is 125 Å². The van der Waals surface area contributed by atoms with Crippen LogP contribution in [0.3, 0.4) is 0 Å². The van der Waals surface area contributed by atoms with Gasteiger partial charge in [-0.05, 0) is 23.6 Å². The van der Waals surface area contributed by atoms with Crippen LogP contribution in [0.5, 0.6) is 0 Å². The number of nitrogens with one attached hydrogen (secondary N) is 2. The second kappa shape index (κ2) is 7.45. The molecule has 2 aromatic carbocycles. The van der Waals surface area contributed by atoms with E-state index in [9.17, 15) is 4.79 Å². The summed E-state index contributed by atoms with van der Waals surface area (Å²) in [5.74, 6) is 0. The van der Waals surface area contributed by atoms with Gasteiger partial charge < -0.3 is 16.4 Å². The number of primary amides is 1. The summed E-state index contributed by atoms with van der Waals surface area (Å²) in [5.41, 5.74) is 8.66. The Bertz CT molecular complexity index is 566. The van der Waals surface area contributed by atoms with Gasteiger partial charge in [0.05, 0.1) is 0 Å². The van der Waals surface area contributed by atoms with Gasteiger partial charge in [-0.2, -0.15) is 0 Å². The quantitative estimate of drug-likeness (QED) is 0.713. The first kappa shape index (κ1) is 15.1. The summed E-state index contributed by atoms with van der Waals surface area (Å²) in [4.78, 5) is 10.6. The molecule has 2 aromatic rings. The predicted octanol–water partition coefficient (Wildman–Crippen LogP) is 2.67. The molecule has 4 heteroatoms. The molecule has 0 aromatic heterocycles. The second-order valence-electron chi connectivity index (χ2n) is 4.95. The first-order valence-electron chi connectivity index (χ1n) is 7.09. The lowest BCUT2D eigenvalue weighted by molar-refractivity contribution is 0.249. The van der Waals surface area contributed by atoms with E-state index in [0.717, 1.165) is 0 Å². The first-order chi connectivity index (χ1) is 10.2. The van der Waals surface area contributed by atoms with Crippen molar-refractivity contribution in [3.05, 3.63) is 60.2 Å². The summed E-state index contributed by atoms with van der Waals surface area (Å²) in [6.45, 7) is 3.31. The highest BCUT2D eigenvalue weighted by Crippen LogP contribution is 2.21. The number of hydrogen-bond acceptors (Lipinski definition) is 2. The molecule has 0 heterocycles. The van der Waals surface area contributed by atoms with Crippen LogP contribution in [0.4, 0.5) is 4.79 Å². The Morgan fingerprint density at radius 2 is 1.62 bits per heavy atom. The smallest absolute Gasteiger partial charge is 0.312 e. The maximum atomic E-state index is 10.6. The number of hydrogen-bond donors (Lipinski definition) is 3. The van der Waals surface area contributed by atoms with Crippen LogP contribution in [0.15, 0.2) is 54.6 Å². The topological polar surface area (TPSA) is 67.2 Å². The predicted molar refractivity (Wildman–Crippen MR) is 85.9 cm³/mol. The third-order valence-electron chi connectivity index (χ3n) is 3.39. The van der Waals surface area contributed by atoms with Crippen LogP contribution in [-0.4, -0.2) is 19.1 Å². The number of benzene rings is 2. The van der Waals surface area contributed by atoms with Crippen LogP contribution in [0.1, 0.15) is 18.5 Å². The molecule has 0 spiro atoms. The van der Waals surface area contributed by atoms with Gasteiger partial charge >= 0.3 is 6.03 Å².